The van der Waals surface area contributed by atoms with Gasteiger partial charge in [0.15, 0.2) is 11.5 Å². The molecule has 4 heteroatoms. The molecule has 2 rings (SSSR count). The van der Waals surface area contributed by atoms with Crippen LogP contribution in [0.4, 0.5) is 5.69 Å². The topological polar surface area (TPSA) is 47.6 Å². The van der Waals surface area contributed by atoms with Crippen molar-refractivity contribution in [3.05, 3.63) is 53.1 Å². The van der Waals surface area contributed by atoms with Crippen LogP contribution in [-0.4, -0.2) is 20.1 Å². The van der Waals surface area contributed by atoms with Gasteiger partial charge in [0.25, 0.3) is 5.91 Å². The molecule has 4 nitrogen and oxygen atoms in total. The number of carbonyl (C=O) groups is 1. The first kappa shape index (κ1) is 14.9. The quantitative estimate of drug-likeness (QED) is 0.934. The third-order valence-electron chi connectivity index (χ3n) is 3.28. The average molecular weight is 285 g/mol. The van der Waals surface area contributed by atoms with Crippen LogP contribution >= 0.6 is 0 Å². The molecule has 2 aromatic carbocycles. The summed E-state index contributed by atoms with van der Waals surface area (Å²) in [6.07, 6.45) is 0. The summed E-state index contributed by atoms with van der Waals surface area (Å²) in [6, 6.07) is 11.2. The predicted octanol–water partition coefficient (Wildman–Crippen LogP) is 3.57. The Morgan fingerprint density at radius 1 is 0.952 bits per heavy atom. The van der Waals surface area contributed by atoms with Crippen LogP contribution in [0.5, 0.6) is 11.5 Å². The first-order valence-corrected chi connectivity index (χ1v) is 6.65. The van der Waals surface area contributed by atoms with Gasteiger partial charge in [-0.2, -0.15) is 0 Å². The summed E-state index contributed by atoms with van der Waals surface area (Å²) >= 11 is 0. The molecule has 110 valence electrons. The Kier molecular flexibility index (Phi) is 4.48. The van der Waals surface area contributed by atoms with E-state index >= 15 is 0 Å². The molecule has 0 heterocycles. The molecule has 0 unspecified atom stereocenters. The van der Waals surface area contributed by atoms with Gasteiger partial charge in [0.05, 0.1) is 14.2 Å². The van der Waals surface area contributed by atoms with Crippen molar-refractivity contribution in [3.63, 3.8) is 0 Å². The Labute approximate surface area is 124 Å². The molecule has 1 amide bonds. The number of ether oxygens (including phenoxy) is 2. The van der Waals surface area contributed by atoms with Gasteiger partial charge in [0, 0.05) is 11.3 Å². The molecule has 0 spiro atoms. The van der Waals surface area contributed by atoms with Crippen molar-refractivity contribution in [1.82, 2.24) is 0 Å². The highest BCUT2D eigenvalue weighted by Crippen LogP contribution is 2.30. The molecule has 21 heavy (non-hydrogen) atoms. The Morgan fingerprint density at radius 3 is 2.10 bits per heavy atom. The van der Waals surface area contributed by atoms with E-state index in [2.05, 4.69) is 5.32 Å². The first-order chi connectivity index (χ1) is 10.0. The van der Waals surface area contributed by atoms with Crippen LogP contribution in [0.1, 0.15) is 21.5 Å². The van der Waals surface area contributed by atoms with Crippen molar-refractivity contribution in [2.24, 2.45) is 0 Å². The fourth-order valence-electron chi connectivity index (χ4n) is 2.06. The lowest BCUT2D eigenvalue weighted by Gasteiger charge is -2.13. The highest BCUT2D eigenvalue weighted by molar-refractivity contribution is 6.05. The highest BCUT2D eigenvalue weighted by atomic mass is 16.5. The van der Waals surface area contributed by atoms with Crippen LogP contribution in [0.15, 0.2) is 36.4 Å². The lowest BCUT2D eigenvalue weighted by Crippen LogP contribution is -2.13. The van der Waals surface area contributed by atoms with Gasteiger partial charge in [-0.05, 0) is 43.7 Å². The van der Waals surface area contributed by atoms with Crippen LogP contribution in [-0.2, 0) is 0 Å². The van der Waals surface area contributed by atoms with Crippen molar-refractivity contribution < 1.29 is 14.3 Å². The molecule has 0 fully saturated rings. The maximum atomic E-state index is 12.4. The number of hydrogen-bond acceptors (Lipinski definition) is 3. The van der Waals surface area contributed by atoms with Crippen LogP contribution in [0.2, 0.25) is 0 Å². The molecule has 0 saturated carbocycles. The van der Waals surface area contributed by atoms with E-state index in [1.807, 2.05) is 38.1 Å². The van der Waals surface area contributed by atoms with Gasteiger partial charge in [-0.3, -0.25) is 4.79 Å². The molecule has 0 bridgehead atoms. The van der Waals surface area contributed by atoms with E-state index in [1.54, 1.807) is 26.4 Å². The third kappa shape index (κ3) is 3.34. The average Bonchev–Trinajstić information content (AvgIpc) is 2.49. The van der Waals surface area contributed by atoms with Crippen LogP contribution < -0.4 is 14.8 Å². The number of amides is 1. The van der Waals surface area contributed by atoms with E-state index in [0.29, 0.717) is 17.1 Å². The van der Waals surface area contributed by atoms with Gasteiger partial charge in [-0.25, -0.2) is 0 Å². The van der Waals surface area contributed by atoms with Gasteiger partial charge in [0.1, 0.15) is 0 Å². The number of carbonyl (C=O) groups excluding carboxylic acids is 1. The zero-order valence-electron chi connectivity index (χ0n) is 12.7. The number of aryl methyl sites for hydroxylation is 2. The fourth-order valence-corrected chi connectivity index (χ4v) is 2.06. The molecule has 1 N–H and O–H groups in total. The van der Waals surface area contributed by atoms with Crippen molar-refractivity contribution in [2.75, 3.05) is 19.5 Å². The summed E-state index contributed by atoms with van der Waals surface area (Å²) in [5.74, 6) is 0.983. The van der Waals surface area contributed by atoms with Crippen molar-refractivity contribution in [1.29, 1.82) is 0 Å². The lowest BCUT2D eigenvalue weighted by atomic mass is 10.1. The van der Waals surface area contributed by atoms with E-state index in [4.69, 9.17) is 9.47 Å². The molecule has 0 aromatic heterocycles. The minimum atomic E-state index is -0.169. The third-order valence-corrected chi connectivity index (χ3v) is 3.28. The Bertz CT molecular complexity index is 648. The van der Waals surface area contributed by atoms with Crippen molar-refractivity contribution in [3.8, 4) is 11.5 Å². The number of hydrogen-bond donors (Lipinski definition) is 1. The molecular weight excluding hydrogens is 266 g/mol. The molecular formula is C17H19NO3. The maximum absolute atomic E-state index is 12.4. The second-order valence-corrected chi connectivity index (χ2v) is 4.84. The Hall–Kier alpha value is -2.49. The standard InChI is InChI=1S/C17H19NO3/c1-11-5-7-13(8-6-11)18-17(19)14-10-16(21-4)15(20-3)9-12(14)2/h5-10H,1-4H3,(H,18,19). The summed E-state index contributed by atoms with van der Waals surface area (Å²) in [4.78, 5) is 12.4. The zero-order chi connectivity index (χ0) is 15.4. The summed E-state index contributed by atoms with van der Waals surface area (Å²) in [5.41, 5.74) is 3.31. The number of rotatable bonds is 4. The normalized spacial score (nSPS) is 10.1. The van der Waals surface area contributed by atoms with E-state index in [9.17, 15) is 4.79 Å². The molecule has 0 radical (unpaired) electrons. The summed E-state index contributed by atoms with van der Waals surface area (Å²) in [7, 11) is 3.12. The Balaban J connectivity index is 2.28. The predicted molar refractivity (Wildman–Crippen MR) is 83.4 cm³/mol. The summed E-state index contributed by atoms with van der Waals surface area (Å²) in [6.45, 7) is 3.87. The van der Waals surface area contributed by atoms with Crippen LogP contribution in [0.3, 0.4) is 0 Å². The molecule has 2 aromatic rings. The summed E-state index contributed by atoms with van der Waals surface area (Å²) < 4.78 is 10.5. The SMILES string of the molecule is COc1cc(C)c(C(=O)Nc2ccc(C)cc2)cc1OC. The van der Waals surface area contributed by atoms with E-state index < -0.39 is 0 Å². The molecule has 0 saturated heterocycles. The molecule has 0 aliphatic heterocycles. The number of nitrogens with one attached hydrogen (secondary N) is 1. The van der Waals surface area contributed by atoms with Crippen molar-refractivity contribution >= 4 is 11.6 Å². The smallest absolute Gasteiger partial charge is 0.256 e. The molecule has 0 atom stereocenters. The number of methoxy groups -OCH3 is 2. The second kappa shape index (κ2) is 6.31. The van der Waals surface area contributed by atoms with E-state index in [0.717, 1.165) is 16.8 Å². The monoisotopic (exact) mass is 285 g/mol. The highest BCUT2D eigenvalue weighted by Gasteiger charge is 2.14. The number of anilines is 1. The van der Waals surface area contributed by atoms with Gasteiger partial charge >= 0.3 is 0 Å². The second-order valence-electron chi connectivity index (χ2n) is 4.84. The van der Waals surface area contributed by atoms with E-state index in [-0.39, 0.29) is 5.91 Å². The van der Waals surface area contributed by atoms with Crippen LogP contribution in [0, 0.1) is 13.8 Å². The zero-order valence-corrected chi connectivity index (χ0v) is 12.7. The largest absolute Gasteiger partial charge is 0.493 e. The minimum Gasteiger partial charge on any atom is -0.493 e. The van der Waals surface area contributed by atoms with Gasteiger partial charge in [-0.1, -0.05) is 17.7 Å². The molecule has 0 aliphatic rings. The Morgan fingerprint density at radius 2 is 1.52 bits per heavy atom. The number of benzene rings is 2. The van der Waals surface area contributed by atoms with E-state index in [1.165, 1.54) is 0 Å². The maximum Gasteiger partial charge on any atom is 0.256 e. The summed E-state index contributed by atoms with van der Waals surface area (Å²) in [5, 5.41) is 2.88. The van der Waals surface area contributed by atoms with Gasteiger partial charge < -0.3 is 14.8 Å². The van der Waals surface area contributed by atoms with Gasteiger partial charge in [0.2, 0.25) is 0 Å². The first-order valence-electron chi connectivity index (χ1n) is 6.65. The van der Waals surface area contributed by atoms with Crippen molar-refractivity contribution in [2.45, 2.75) is 13.8 Å². The minimum absolute atomic E-state index is 0.169. The fraction of sp³-hybridized carbons (Fsp3) is 0.235. The lowest BCUT2D eigenvalue weighted by molar-refractivity contribution is 0.102. The van der Waals surface area contributed by atoms with Gasteiger partial charge in [-0.15, -0.1) is 0 Å². The van der Waals surface area contributed by atoms with Crippen LogP contribution in [0.25, 0.3) is 0 Å². The molecule has 0 aliphatic carbocycles.